The molecular formula is C8H18NP. The highest BCUT2D eigenvalue weighted by molar-refractivity contribution is 7.38. The monoisotopic (exact) mass is 159 g/mol. The van der Waals surface area contributed by atoms with Crippen molar-refractivity contribution in [3.63, 3.8) is 0 Å². The van der Waals surface area contributed by atoms with Crippen LogP contribution >= 0.6 is 8.58 Å². The fourth-order valence-corrected chi connectivity index (χ4v) is 2.64. The van der Waals surface area contributed by atoms with E-state index in [2.05, 4.69) is 0 Å². The van der Waals surface area contributed by atoms with Crippen LogP contribution in [0.15, 0.2) is 0 Å². The van der Waals surface area contributed by atoms with Crippen LogP contribution in [0.4, 0.5) is 0 Å². The third-order valence-electron chi connectivity index (χ3n) is 2.10. The molecule has 1 fully saturated rings. The summed E-state index contributed by atoms with van der Waals surface area (Å²) >= 11 is 0. The quantitative estimate of drug-likeness (QED) is 0.539. The molecule has 2 heteroatoms. The standard InChI is InChI=1S/C8H18NP/c9-8-6-4-2-1-3-5-7-10-8/h8,10H,1-7,9H2. The minimum absolute atomic E-state index is 0.540. The summed E-state index contributed by atoms with van der Waals surface area (Å²) in [6, 6.07) is 0. The van der Waals surface area contributed by atoms with Gasteiger partial charge in [-0.15, -0.1) is 8.58 Å². The second-order valence-electron chi connectivity index (χ2n) is 3.12. The fraction of sp³-hybridized carbons (Fsp3) is 1.00. The van der Waals surface area contributed by atoms with Crippen LogP contribution in [-0.4, -0.2) is 11.9 Å². The molecule has 0 amide bonds. The van der Waals surface area contributed by atoms with Gasteiger partial charge in [0.25, 0.3) is 0 Å². The fourth-order valence-electron chi connectivity index (χ4n) is 1.41. The molecule has 1 saturated heterocycles. The first kappa shape index (κ1) is 8.49. The van der Waals surface area contributed by atoms with Gasteiger partial charge >= 0.3 is 0 Å². The lowest BCUT2D eigenvalue weighted by molar-refractivity contribution is 0.612. The lowest BCUT2D eigenvalue weighted by Crippen LogP contribution is -2.13. The number of rotatable bonds is 0. The van der Waals surface area contributed by atoms with Gasteiger partial charge in [0.1, 0.15) is 0 Å². The first-order valence-electron chi connectivity index (χ1n) is 4.38. The molecule has 0 bridgehead atoms. The first-order valence-corrected chi connectivity index (χ1v) is 5.67. The van der Waals surface area contributed by atoms with Crippen LogP contribution in [0.2, 0.25) is 0 Å². The van der Waals surface area contributed by atoms with Crippen molar-refractivity contribution in [1.29, 1.82) is 0 Å². The first-order chi connectivity index (χ1) is 4.89. The maximum Gasteiger partial charge on any atom is 0.0213 e. The van der Waals surface area contributed by atoms with E-state index in [4.69, 9.17) is 5.73 Å². The number of hydrogen-bond donors (Lipinski definition) is 1. The van der Waals surface area contributed by atoms with Gasteiger partial charge < -0.3 is 5.73 Å². The van der Waals surface area contributed by atoms with Crippen molar-refractivity contribution in [2.75, 3.05) is 6.16 Å². The minimum atomic E-state index is 0.540. The Bertz CT molecular complexity index is 75.3. The SMILES string of the molecule is NC1CCCCCCCP1. The van der Waals surface area contributed by atoms with Gasteiger partial charge in [0.05, 0.1) is 0 Å². The second-order valence-corrected chi connectivity index (χ2v) is 4.77. The Hall–Kier alpha value is 0.390. The summed E-state index contributed by atoms with van der Waals surface area (Å²) in [5.74, 6) is 0.540. The Balaban J connectivity index is 2.15. The molecule has 60 valence electrons. The molecule has 2 unspecified atom stereocenters. The van der Waals surface area contributed by atoms with Crippen LogP contribution in [0.3, 0.4) is 0 Å². The van der Waals surface area contributed by atoms with Crippen LogP contribution in [0.1, 0.15) is 38.5 Å². The summed E-state index contributed by atoms with van der Waals surface area (Å²) in [4.78, 5) is 0. The molecule has 1 aliphatic rings. The van der Waals surface area contributed by atoms with Gasteiger partial charge in [-0.2, -0.15) is 0 Å². The Morgan fingerprint density at radius 2 is 1.70 bits per heavy atom. The van der Waals surface area contributed by atoms with Crippen LogP contribution in [0.25, 0.3) is 0 Å². The third kappa shape index (κ3) is 3.53. The van der Waals surface area contributed by atoms with Gasteiger partial charge in [-0.3, -0.25) is 0 Å². The molecular weight excluding hydrogens is 141 g/mol. The van der Waals surface area contributed by atoms with Crippen LogP contribution in [0.5, 0.6) is 0 Å². The van der Waals surface area contributed by atoms with E-state index in [0.29, 0.717) is 5.78 Å². The van der Waals surface area contributed by atoms with Crippen molar-refractivity contribution < 1.29 is 0 Å². The molecule has 1 aliphatic heterocycles. The molecule has 2 N–H and O–H groups in total. The van der Waals surface area contributed by atoms with E-state index in [1.807, 2.05) is 0 Å². The molecule has 1 heterocycles. The zero-order chi connectivity index (χ0) is 7.23. The van der Waals surface area contributed by atoms with Crippen molar-refractivity contribution in [3.05, 3.63) is 0 Å². The predicted octanol–water partition coefficient (Wildman–Crippen LogP) is 2.30. The molecule has 0 aromatic heterocycles. The highest BCUT2D eigenvalue weighted by Gasteiger charge is 2.03. The van der Waals surface area contributed by atoms with Crippen molar-refractivity contribution in [3.8, 4) is 0 Å². The molecule has 1 nitrogen and oxygen atoms in total. The number of hydrogen-bond acceptors (Lipinski definition) is 1. The Labute approximate surface area is 65.5 Å². The van der Waals surface area contributed by atoms with E-state index in [1.54, 1.807) is 0 Å². The van der Waals surface area contributed by atoms with Crippen molar-refractivity contribution >= 4 is 8.58 Å². The highest BCUT2D eigenvalue weighted by atomic mass is 31.1. The molecule has 0 radical (unpaired) electrons. The summed E-state index contributed by atoms with van der Waals surface area (Å²) in [6.07, 6.45) is 9.76. The summed E-state index contributed by atoms with van der Waals surface area (Å²) in [5, 5.41) is 0. The van der Waals surface area contributed by atoms with Crippen LogP contribution in [0, 0.1) is 0 Å². The van der Waals surface area contributed by atoms with Gasteiger partial charge in [-0.1, -0.05) is 25.7 Å². The Morgan fingerprint density at radius 1 is 1.00 bits per heavy atom. The molecule has 0 aromatic carbocycles. The second kappa shape index (κ2) is 5.09. The molecule has 0 aliphatic carbocycles. The van der Waals surface area contributed by atoms with E-state index in [0.717, 1.165) is 8.58 Å². The van der Waals surface area contributed by atoms with Crippen molar-refractivity contribution in [2.24, 2.45) is 5.73 Å². The maximum atomic E-state index is 5.89. The van der Waals surface area contributed by atoms with Gasteiger partial charge in [-0.25, -0.2) is 0 Å². The van der Waals surface area contributed by atoms with E-state index in [-0.39, 0.29) is 0 Å². The van der Waals surface area contributed by atoms with E-state index < -0.39 is 0 Å². The molecule has 0 spiro atoms. The largest absolute Gasteiger partial charge is 0.324 e. The third-order valence-corrected chi connectivity index (χ3v) is 3.55. The molecule has 2 atom stereocenters. The maximum absolute atomic E-state index is 5.89. The van der Waals surface area contributed by atoms with Gasteiger partial charge in [0, 0.05) is 5.78 Å². The average Bonchev–Trinajstić information content (AvgIpc) is 2.02. The number of nitrogens with two attached hydrogens (primary N) is 1. The van der Waals surface area contributed by atoms with Gasteiger partial charge in [-0.05, 0) is 19.0 Å². The zero-order valence-corrected chi connectivity index (χ0v) is 7.60. The van der Waals surface area contributed by atoms with E-state index in [1.165, 1.54) is 44.7 Å². The van der Waals surface area contributed by atoms with Crippen LogP contribution in [-0.2, 0) is 0 Å². The molecule has 1 rings (SSSR count). The zero-order valence-electron chi connectivity index (χ0n) is 6.60. The normalized spacial score (nSPS) is 32.7. The smallest absolute Gasteiger partial charge is 0.0213 e. The van der Waals surface area contributed by atoms with Gasteiger partial charge in [0.2, 0.25) is 0 Å². The van der Waals surface area contributed by atoms with Crippen molar-refractivity contribution in [2.45, 2.75) is 44.3 Å². The highest BCUT2D eigenvalue weighted by Crippen LogP contribution is 2.24. The average molecular weight is 159 g/mol. The Morgan fingerprint density at radius 3 is 2.60 bits per heavy atom. The topological polar surface area (TPSA) is 26.0 Å². The Kier molecular flexibility index (Phi) is 4.32. The summed E-state index contributed by atoms with van der Waals surface area (Å²) in [7, 11) is 1.04. The molecule has 0 aromatic rings. The summed E-state index contributed by atoms with van der Waals surface area (Å²) in [5.41, 5.74) is 5.89. The molecule has 10 heavy (non-hydrogen) atoms. The van der Waals surface area contributed by atoms with Crippen molar-refractivity contribution in [1.82, 2.24) is 0 Å². The lowest BCUT2D eigenvalue weighted by atomic mass is 10.1. The van der Waals surface area contributed by atoms with E-state index >= 15 is 0 Å². The summed E-state index contributed by atoms with van der Waals surface area (Å²) < 4.78 is 0. The van der Waals surface area contributed by atoms with E-state index in [9.17, 15) is 0 Å². The minimum Gasteiger partial charge on any atom is -0.324 e. The predicted molar refractivity (Wildman–Crippen MR) is 48.9 cm³/mol. The van der Waals surface area contributed by atoms with Crippen LogP contribution < -0.4 is 5.73 Å². The summed E-state index contributed by atoms with van der Waals surface area (Å²) in [6.45, 7) is 0. The molecule has 0 saturated carbocycles. The van der Waals surface area contributed by atoms with Gasteiger partial charge in [0.15, 0.2) is 0 Å². The lowest BCUT2D eigenvalue weighted by Gasteiger charge is -2.07.